The normalized spacial score (nSPS) is 14.2. The number of hydrogen-bond donors (Lipinski definition) is 1. The summed E-state index contributed by atoms with van der Waals surface area (Å²) in [6.07, 6.45) is 0. The summed E-state index contributed by atoms with van der Waals surface area (Å²) in [5.74, 6) is -0.849. The largest absolute Gasteiger partial charge is 0.477 e. The van der Waals surface area contributed by atoms with Gasteiger partial charge in [0.1, 0.15) is 8.60 Å². The number of hydrogen-bond acceptors (Lipinski definition) is 3. The molecule has 0 amide bonds. The molecule has 0 aliphatic carbocycles. The van der Waals surface area contributed by atoms with E-state index in [1.165, 1.54) is 11.3 Å². The number of halogens is 1. The van der Waals surface area contributed by atoms with Gasteiger partial charge in [-0.2, -0.15) is 0 Å². The van der Waals surface area contributed by atoms with Crippen LogP contribution in [0.5, 0.6) is 0 Å². The molecule has 0 saturated carbocycles. The summed E-state index contributed by atoms with van der Waals surface area (Å²) in [6, 6.07) is 1.71. The van der Waals surface area contributed by atoms with Crippen molar-refractivity contribution in [2.75, 3.05) is 0 Å². The fourth-order valence-electron chi connectivity index (χ4n) is 1.05. The van der Waals surface area contributed by atoms with Gasteiger partial charge in [-0.05, 0) is 34.2 Å². The molecule has 1 aromatic rings. The predicted molar refractivity (Wildman–Crippen MR) is 55.5 cm³/mol. The van der Waals surface area contributed by atoms with E-state index in [1.807, 2.05) is 0 Å². The fraction of sp³-hybridized carbons (Fsp3) is 0.143. The van der Waals surface area contributed by atoms with E-state index in [0.29, 0.717) is 11.4 Å². The Hall–Kier alpha value is -0.430. The number of fused-ring (bicyclic) bond motifs is 1. The van der Waals surface area contributed by atoms with E-state index in [-0.39, 0.29) is 0 Å². The number of carboxylic acids is 1. The van der Waals surface area contributed by atoms with Crippen LogP contribution in [0, 0.1) is 0 Å². The molecule has 0 radical (unpaired) electrons. The number of carbonyl (C=O) groups is 1. The first-order valence-electron chi connectivity index (χ1n) is 3.25. The molecule has 62 valence electrons. The zero-order valence-corrected chi connectivity index (χ0v) is 8.85. The maximum absolute atomic E-state index is 10.6. The van der Waals surface area contributed by atoms with Crippen LogP contribution in [-0.2, 0) is 6.54 Å². The minimum atomic E-state index is -0.849. The van der Waals surface area contributed by atoms with Crippen LogP contribution in [0.4, 0.5) is 0 Å². The van der Waals surface area contributed by atoms with Crippen molar-refractivity contribution in [3.8, 4) is 0 Å². The molecule has 2 rings (SSSR count). The Balaban J connectivity index is 2.50. The number of thiophene rings is 1. The second-order valence-electron chi connectivity index (χ2n) is 2.38. The summed E-state index contributed by atoms with van der Waals surface area (Å²) in [6.45, 7) is 0.636. The van der Waals surface area contributed by atoms with Crippen molar-refractivity contribution >= 4 is 43.6 Å². The van der Waals surface area contributed by atoms with E-state index in [2.05, 4.69) is 27.6 Å². The van der Waals surface area contributed by atoms with Crippen LogP contribution in [0.2, 0.25) is 0 Å². The van der Waals surface area contributed by atoms with E-state index in [1.54, 1.807) is 6.07 Å². The molecule has 0 unspecified atom stereocenters. The van der Waals surface area contributed by atoms with Crippen LogP contribution < -0.4 is 0 Å². The number of aliphatic imine (C=N–C) groups is 1. The van der Waals surface area contributed by atoms with Gasteiger partial charge in [-0.15, -0.1) is 11.3 Å². The predicted octanol–water partition coefficient (Wildman–Crippen LogP) is 2.14. The summed E-state index contributed by atoms with van der Waals surface area (Å²) in [4.78, 5) is 16.2. The van der Waals surface area contributed by atoms with Gasteiger partial charge >= 0.3 is 5.97 Å². The quantitative estimate of drug-likeness (QED) is 0.806. The van der Waals surface area contributed by atoms with Crippen LogP contribution in [-0.4, -0.2) is 14.8 Å². The highest BCUT2D eigenvalue weighted by Gasteiger charge is 2.19. The van der Waals surface area contributed by atoms with Gasteiger partial charge < -0.3 is 5.11 Å². The van der Waals surface area contributed by atoms with Gasteiger partial charge in [-0.3, -0.25) is 4.99 Å². The van der Waals surface area contributed by atoms with Crippen molar-refractivity contribution in [2.45, 2.75) is 6.54 Å². The molecule has 12 heavy (non-hydrogen) atoms. The highest BCUT2D eigenvalue weighted by molar-refractivity contribution is 14.1. The maximum Gasteiger partial charge on any atom is 0.345 e. The van der Waals surface area contributed by atoms with E-state index >= 15 is 0 Å². The van der Waals surface area contributed by atoms with Crippen LogP contribution in [0.1, 0.15) is 20.1 Å². The molecule has 3 nitrogen and oxygen atoms in total. The maximum atomic E-state index is 10.6. The lowest BCUT2D eigenvalue weighted by Gasteiger charge is -1.84. The average molecular weight is 293 g/mol. The molecule has 0 fully saturated rings. The molecular formula is C7H4INO2S. The van der Waals surface area contributed by atoms with Gasteiger partial charge in [0.2, 0.25) is 0 Å². The molecule has 1 aliphatic rings. The summed E-state index contributed by atoms with van der Waals surface area (Å²) in [7, 11) is 0. The van der Waals surface area contributed by atoms with Crippen molar-refractivity contribution in [1.29, 1.82) is 0 Å². The van der Waals surface area contributed by atoms with Crippen molar-refractivity contribution in [2.24, 2.45) is 4.99 Å². The van der Waals surface area contributed by atoms with Gasteiger partial charge in [0.25, 0.3) is 0 Å². The Bertz CT molecular complexity index is 383. The molecule has 0 bridgehead atoms. The van der Waals surface area contributed by atoms with Crippen LogP contribution in [0.3, 0.4) is 0 Å². The zero-order valence-electron chi connectivity index (χ0n) is 5.87. The van der Waals surface area contributed by atoms with E-state index in [4.69, 9.17) is 5.11 Å². The Morgan fingerprint density at radius 3 is 3.08 bits per heavy atom. The Morgan fingerprint density at radius 1 is 1.75 bits per heavy atom. The van der Waals surface area contributed by atoms with Crippen molar-refractivity contribution in [1.82, 2.24) is 0 Å². The number of rotatable bonds is 1. The molecule has 0 atom stereocenters. The zero-order chi connectivity index (χ0) is 8.72. The molecule has 1 N–H and O–H groups in total. The van der Waals surface area contributed by atoms with Gasteiger partial charge in [-0.1, -0.05) is 0 Å². The Labute approximate surface area is 86.3 Å². The Morgan fingerprint density at radius 2 is 2.50 bits per heavy atom. The molecule has 0 aromatic carbocycles. The van der Waals surface area contributed by atoms with E-state index in [9.17, 15) is 4.79 Å². The lowest BCUT2D eigenvalue weighted by atomic mass is 10.3. The second kappa shape index (κ2) is 2.81. The summed E-state index contributed by atoms with van der Waals surface area (Å²) < 4.78 is 0.931. The van der Waals surface area contributed by atoms with Crippen LogP contribution in [0.25, 0.3) is 0 Å². The van der Waals surface area contributed by atoms with E-state index < -0.39 is 5.97 Å². The molecular weight excluding hydrogens is 289 g/mol. The summed E-state index contributed by atoms with van der Waals surface area (Å²) in [5, 5.41) is 8.70. The monoisotopic (exact) mass is 293 g/mol. The third kappa shape index (κ3) is 1.16. The third-order valence-corrected chi connectivity index (χ3v) is 4.01. The molecule has 5 heteroatoms. The van der Waals surface area contributed by atoms with Crippen molar-refractivity contribution < 1.29 is 9.90 Å². The molecule has 2 heterocycles. The van der Waals surface area contributed by atoms with Gasteiger partial charge in [0, 0.05) is 0 Å². The second-order valence-corrected chi connectivity index (χ2v) is 4.45. The third-order valence-electron chi connectivity index (χ3n) is 1.60. The lowest BCUT2D eigenvalue weighted by molar-refractivity contribution is 0.0702. The van der Waals surface area contributed by atoms with Crippen LogP contribution >= 0.6 is 33.9 Å². The fourth-order valence-corrected chi connectivity index (χ4v) is 2.81. The minimum absolute atomic E-state index is 0.407. The first-order chi connectivity index (χ1) is 5.68. The standard InChI is InChI=1S/C7H4INO2S/c8-6-5-3(2-9-6)1-4(12-5)7(10)11/h1H,2H2,(H,10,11). The smallest absolute Gasteiger partial charge is 0.345 e. The Kier molecular flexibility index (Phi) is 1.91. The molecule has 1 aliphatic heterocycles. The van der Waals surface area contributed by atoms with Gasteiger partial charge in [-0.25, -0.2) is 4.79 Å². The SMILES string of the molecule is O=C(O)c1cc2c(s1)C(I)=NC2. The first kappa shape index (κ1) is 8.18. The minimum Gasteiger partial charge on any atom is -0.477 e. The molecule has 1 aromatic heterocycles. The van der Waals surface area contributed by atoms with Crippen molar-refractivity contribution in [3.63, 3.8) is 0 Å². The number of carboxylic acid groups (broad SMARTS) is 1. The summed E-state index contributed by atoms with van der Waals surface area (Å²) >= 11 is 3.43. The van der Waals surface area contributed by atoms with Crippen LogP contribution in [0.15, 0.2) is 11.1 Å². The summed E-state index contributed by atoms with van der Waals surface area (Å²) in [5.41, 5.74) is 1.04. The molecule has 0 spiro atoms. The highest BCUT2D eigenvalue weighted by Crippen LogP contribution is 2.30. The van der Waals surface area contributed by atoms with E-state index in [0.717, 1.165) is 14.2 Å². The molecule has 0 saturated heterocycles. The van der Waals surface area contributed by atoms with Gasteiger partial charge in [0.15, 0.2) is 0 Å². The first-order valence-corrected chi connectivity index (χ1v) is 5.14. The lowest BCUT2D eigenvalue weighted by Crippen LogP contribution is -1.90. The average Bonchev–Trinajstić information content (AvgIpc) is 2.53. The highest BCUT2D eigenvalue weighted by atomic mass is 127. The van der Waals surface area contributed by atoms with Crippen molar-refractivity contribution in [3.05, 3.63) is 21.4 Å². The topological polar surface area (TPSA) is 49.7 Å². The number of nitrogens with zero attached hydrogens (tertiary/aromatic N) is 1. The van der Waals surface area contributed by atoms with Gasteiger partial charge in [0.05, 0.1) is 11.4 Å². The number of aromatic carboxylic acids is 1.